The molecule has 1 rings (SSSR count). The lowest BCUT2D eigenvalue weighted by molar-refractivity contribution is -0.152. The van der Waals surface area contributed by atoms with Gasteiger partial charge in [0.25, 0.3) is 0 Å². The highest BCUT2D eigenvalue weighted by Gasteiger charge is 2.21. The normalized spacial score (nSPS) is 12.5. The van der Waals surface area contributed by atoms with Crippen LogP contribution in [-0.4, -0.2) is 20.2 Å². The van der Waals surface area contributed by atoms with Crippen molar-refractivity contribution in [3.8, 4) is 0 Å². The Bertz CT molecular complexity index is 243. The van der Waals surface area contributed by atoms with Crippen LogP contribution in [0.5, 0.6) is 0 Å². The summed E-state index contributed by atoms with van der Waals surface area (Å²) in [7, 11) is 2.84. The van der Waals surface area contributed by atoms with Crippen molar-refractivity contribution in [2.75, 3.05) is 14.2 Å². The van der Waals surface area contributed by atoms with Gasteiger partial charge in [-0.1, -0.05) is 6.07 Å². The van der Waals surface area contributed by atoms with E-state index in [9.17, 15) is 4.79 Å². The largest absolute Gasteiger partial charge is 0.467 e. The standard InChI is InChI=1S/C8H10O3S/c1-10-7(8(9)11-2)6-4-3-5-12-6/h3-5,7H,1-2H3/t7-/m0/s1. The van der Waals surface area contributed by atoms with E-state index in [1.54, 1.807) is 0 Å². The monoisotopic (exact) mass is 186 g/mol. The van der Waals surface area contributed by atoms with Crippen LogP contribution >= 0.6 is 11.3 Å². The van der Waals surface area contributed by atoms with Crippen molar-refractivity contribution in [2.45, 2.75) is 6.10 Å². The first-order valence-electron chi connectivity index (χ1n) is 3.43. The molecule has 0 saturated heterocycles. The van der Waals surface area contributed by atoms with Gasteiger partial charge in [0, 0.05) is 12.0 Å². The molecule has 1 heterocycles. The van der Waals surface area contributed by atoms with Crippen molar-refractivity contribution in [3.63, 3.8) is 0 Å². The molecule has 0 spiro atoms. The first-order valence-corrected chi connectivity index (χ1v) is 4.31. The minimum absolute atomic E-state index is 0.361. The van der Waals surface area contributed by atoms with E-state index in [0.29, 0.717) is 0 Å². The summed E-state index contributed by atoms with van der Waals surface area (Å²) in [6.45, 7) is 0. The van der Waals surface area contributed by atoms with Gasteiger partial charge in [-0.05, 0) is 11.4 Å². The van der Waals surface area contributed by atoms with Crippen molar-refractivity contribution in [2.24, 2.45) is 0 Å². The Kier molecular flexibility index (Phi) is 3.25. The zero-order valence-corrected chi connectivity index (χ0v) is 7.76. The molecule has 1 atom stereocenters. The molecule has 66 valence electrons. The second-order valence-electron chi connectivity index (χ2n) is 2.15. The molecule has 0 aromatic carbocycles. The molecular formula is C8H10O3S. The second-order valence-corrected chi connectivity index (χ2v) is 3.13. The van der Waals surface area contributed by atoms with Gasteiger partial charge in [-0.25, -0.2) is 4.79 Å². The van der Waals surface area contributed by atoms with Crippen molar-refractivity contribution in [1.82, 2.24) is 0 Å². The molecule has 0 amide bonds. The maximum Gasteiger partial charge on any atom is 0.340 e. The van der Waals surface area contributed by atoms with Gasteiger partial charge in [0.2, 0.25) is 0 Å². The van der Waals surface area contributed by atoms with Crippen molar-refractivity contribution >= 4 is 17.3 Å². The molecule has 0 bridgehead atoms. The third kappa shape index (κ3) is 1.84. The van der Waals surface area contributed by atoms with Gasteiger partial charge in [0.05, 0.1) is 7.11 Å². The zero-order valence-electron chi connectivity index (χ0n) is 6.94. The highest BCUT2D eigenvalue weighted by Crippen LogP contribution is 2.22. The molecule has 4 heteroatoms. The Morgan fingerprint density at radius 1 is 1.58 bits per heavy atom. The summed E-state index contributed by atoms with van der Waals surface area (Å²) in [5, 5.41) is 1.89. The number of carbonyl (C=O) groups excluding carboxylic acids is 1. The maximum absolute atomic E-state index is 11.1. The summed E-state index contributed by atoms with van der Waals surface area (Å²) in [6, 6.07) is 3.71. The van der Waals surface area contributed by atoms with E-state index in [0.717, 1.165) is 4.88 Å². The summed E-state index contributed by atoms with van der Waals surface area (Å²) < 4.78 is 9.55. The van der Waals surface area contributed by atoms with Gasteiger partial charge in [0.1, 0.15) is 0 Å². The lowest BCUT2D eigenvalue weighted by atomic mass is 10.3. The van der Waals surface area contributed by atoms with Crippen LogP contribution in [0.15, 0.2) is 17.5 Å². The smallest absolute Gasteiger partial charge is 0.340 e. The van der Waals surface area contributed by atoms with E-state index in [1.165, 1.54) is 25.6 Å². The van der Waals surface area contributed by atoms with Crippen LogP contribution < -0.4 is 0 Å². The number of hydrogen-bond acceptors (Lipinski definition) is 4. The number of thiophene rings is 1. The molecule has 0 radical (unpaired) electrons. The van der Waals surface area contributed by atoms with E-state index in [1.807, 2.05) is 17.5 Å². The van der Waals surface area contributed by atoms with Crippen LogP contribution in [0, 0.1) is 0 Å². The van der Waals surface area contributed by atoms with Gasteiger partial charge in [0.15, 0.2) is 6.10 Å². The van der Waals surface area contributed by atoms with E-state index in [4.69, 9.17) is 4.74 Å². The lowest BCUT2D eigenvalue weighted by Gasteiger charge is -2.09. The van der Waals surface area contributed by atoms with Gasteiger partial charge in [-0.3, -0.25) is 0 Å². The Balaban J connectivity index is 2.76. The molecule has 3 nitrogen and oxygen atoms in total. The molecule has 0 aliphatic carbocycles. The van der Waals surface area contributed by atoms with E-state index >= 15 is 0 Å². The zero-order chi connectivity index (χ0) is 8.97. The van der Waals surface area contributed by atoms with Gasteiger partial charge in [-0.2, -0.15) is 0 Å². The molecule has 1 aromatic heterocycles. The van der Waals surface area contributed by atoms with Crippen LogP contribution in [0.1, 0.15) is 11.0 Å². The average molecular weight is 186 g/mol. The van der Waals surface area contributed by atoms with Crippen molar-refractivity contribution < 1.29 is 14.3 Å². The maximum atomic E-state index is 11.1. The number of esters is 1. The summed E-state index contributed by atoms with van der Waals surface area (Å²) in [5.74, 6) is -0.361. The average Bonchev–Trinajstić information content (AvgIpc) is 2.58. The molecule has 0 N–H and O–H groups in total. The molecule has 0 unspecified atom stereocenters. The van der Waals surface area contributed by atoms with Crippen LogP contribution in [0.4, 0.5) is 0 Å². The van der Waals surface area contributed by atoms with Crippen LogP contribution in [0.2, 0.25) is 0 Å². The van der Waals surface area contributed by atoms with Gasteiger partial charge >= 0.3 is 5.97 Å². The lowest BCUT2D eigenvalue weighted by Crippen LogP contribution is -2.14. The van der Waals surface area contributed by atoms with Crippen LogP contribution in [0.25, 0.3) is 0 Å². The second kappa shape index (κ2) is 4.23. The number of rotatable bonds is 3. The Morgan fingerprint density at radius 2 is 2.33 bits per heavy atom. The molecule has 12 heavy (non-hydrogen) atoms. The molecule has 0 aliphatic heterocycles. The van der Waals surface area contributed by atoms with E-state index in [-0.39, 0.29) is 5.97 Å². The Labute approximate surface area is 74.9 Å². The number of carbonyl (C=O) groups is 1. The summed E-state index contributed by atoms with van der Waals surface area (Å²) in [4.78, 5) is 12.0. The number of methoxy groups -OCH3 is 2. The van der Waals surface area contributed by atoms with Crippen LogP contribution in [-0.2, 0) is 14.3 Å². The van der Waals surface area contributed by atoms with Gasteiger partial charge < -0.3 is 9.47 Å². The highest BCUT2D eigenvalue weighted by atomic mass is 32.1. The third-order valence-electron chi connectivity index (χ3n) is 1.45. The van der Waals surface area contributed by atoms with Crippen molar-refractivity contribution in [3.05, 3.63) is 22.4 Å². The molecular weight excluding hydrogens is 176 g/mol. The fraction of sp³-hybridized carbons (Fsp3) is 0.375. The fourth-order valence-electron chi connectivity index (χ4n) is 0.876. The fourth-order valence-corrected chi connectivity index (χ4v) is 1.66. The van der Waals surface area contributed by atoms with Crippen LogP contribution in [0.3, 0.4) is 0 Å². The molecule has 0 aliphatic rings. The minimum atomic E-state index is -0.574. The molecule has 1 aromatic rings. The summed E-state index contributed by atoms with van der Waals surface area (Å²) in [6.07, 6.45) is -0.574. The first kappa shape index (κ1) is 9.22. The van der Waals surface area contributed by atoms with E-state index < -0.39 is 6.10 Å². The molecule has 0 fully saturated rings. The Hall–Kier alpha value is -0.870. The predicted octanol–water partition coefficient (Wildman–Crippen LogP) is 1.61. The SMILES string of the molecule is COC(=O)[C@@H](OC)c1cccs1. The number of ether oxygens (including phenoxy) is 2. The van der Waals surface area contributed by atoms with E-state index in [2.05, 4.69) is 4.74 Å². The number of hydrogen-bond donors (Lipinski definition) is 0. The highest BCUT2D eigenvalue weighted by molar-refractivity contribution is 7.10. The summed E-state index contributed by atoms with van der Waals surface area (Å²) >= 11 is 1.47. The quantitative estimate of drug-likeness (QED) is 0.673. The Morgan fingerprint density at radius 3 is 2.75 bits per heavy atom. The summed E-state index contributed by atoms with van der Waals surface area (Å²) in [5.41, 5.74) is 0. The third-order valence-corrected chi connectivity index (χ3v) is 2.37. The van der Waals surface area contributed by atoms with Crippen molar-refractivity contribution in [1.29, 1.82) is 0 Å². The predicted molar refractivity (Wildman–Crippen MR) is 46.1 cm³/mol. The first-order chi connectivity index (χ1) is 5.79. The minimum Gasteiger partial charge on any atom is -0.467 e. The van der Waals surface area contributed by atoms with Gasteiger partial charge in [-0.15, -0.1) is 11.3 Å². The topological polar surface area (TPSA) is 35.5 Å². The molecule has 0 saturated carbocycles.